The number of pyridine rings is 1. The van der Waals surface area contributed by atoms with E-state index in [0.717, 1.165) is 31.6 Å². The number of aromatic nitrogens is 1. The van der Waals surface area contributed by atoms with Crippen molar-refractivity contribution in [2.24, 2.45) is 5.92 Å². The van der Waals surface area contributed by atoms with Gasteiger partial charge in [0.2, 0.25) is 0 Å². The van der Waals surface area contributed by atoms with Gasteiger partial charge in [-0.25, -0.2) is 0 Å². The van der Waals surface area contributed by atoms with Gasteiger partial charge in [0.25, 0.3) is 0 Å². The van der Waals surface area contributed by atoms with E-state index in [1.807, 2.05) is 12.1 Å². The fourth-order valence-electron chi connectivity index (χ4n) is 1.81. The third kappa shape index (κ3) is 2.30. The summed E-state index contributed by atoms with van der Waals surface area (Å²) in [6, 6.07) is 3.72. The molecule has 0 radical (unpaired) electrons. The van der Waals surface area contributed by atoms with E-state index >= 15 is 0 Å². The van der Waals surface area contributed by atoms with Crippen molar-refractivity contribution in [3.8, 4) is 0 Å². The largest absolute Gasteiger partial charge is 0.388 e. The van der Waals surface area contributed by atoms with Crippen LogP contribution in [-0.2, 0) is 4.74 Å². The Kier molecular flexibility index (Phi) is 3.11. The van der Waals surface area contributed by atoms with E-state index in [1.54, 1.807) is 12.4 Å². The first kappa shape index (κ1) is 9.62. The van der Waals surface area contributed by atoms with Gasteiger partial charge < -0.3 is 9.84 Å². The highest BCUT2D eigenvalue weighted by Crippen LogP contribution is 2.25. The van der Waals surface area contributed by atoms with Gasteiger partial charge in [-0.2, -0.15) is 0 Å². The van der Waals surface area contributed by atoms with Crippen LogP contribution in [0.3, 0.4) is 0 Å². The fraction of sp³-hybridized carbons (Fsp3) is 0.545. The van der Waals surface area contributed by atoms with Crippen molar-refractivity contribution in [3.63, 3.8) is 0 Å². The third-order valence-corrected chi connectivity index (χ3v) is 2.67. The summed E-state index contributed by atoms with van der Waals surface area (Å²) in [5.41, 5.74) is 0.951. The predicted octanol–water partition coefficient (Wildman–Crippen LogP) is 1.54. The molecule has 1 aromatic heterocycles. The molecule has 2 heterocycles. The molecule has 0 bridgehead atoms. The first-order valence-corrected chi connectivity index (χ1v) is 5.02. The first-order valence-electron chi connectivity index (χ1n) is 5.02. The average molecular weight is 193 g/mol. The minimum absolute atomic E-state index is 0.371. The highest BCUT2D eigenvalue weighted by Gasteiger charge is 2.20. The van der Waals surface area contributed by atoms with Crippen LogP contribution in [0.2, 0.25) is 0 Å². The molecule has 1 fully saturated rings. The van der Waals surface area contributed by atoms with Gasteiger partial charge in [-0.3, -0.25) is 4.98 Å². The lowest BCUT2D eigenvalue weighted by Gasteiger charge is -2.14. The molecule has 3 nitrogen and oxygen atoms in total. The number of aliphatic hydroxyl groups is 1. The van der Waals surface area contributed by atoms with Gasteiger partial charge in [0, 0.05) is 25.6 Å². The highest BCUT2D eigenvalue weighted by atomic mass is 16.5. The maximum atomic E-state index is 9.90. The molecule has 14 heavy (non-hydrogen) atoms. The van der Waals surface area contributed by atoms with Gasteiger partial charge >= 0.3 is 0 Å². The summed E-state index contributed by atoms with van der Waals surface area (Å²) >= 11 is 0. The van der Waals surface area contributed by atoms with E-state index < -0.39 is 0 Å². The summed E-state index contributed by atoms with van der Waals surface area (Å²) in [7, 11) is 0. The smallest absolute Gasteiger partial charge is 0.0794 e. The summed E-state index contributed by atoms with van der Waals surface area (Å²) in [5, 5.41) is 9.90. The van der Waals surface area contributed by atoms with E-state index in [4.69, 9.17) is 4.74 Å². The number of hydrogen-bond acceptors (Lipinski definition) is 3. The normalized spacial score (nSPS) is 23.6. The number of rotatable bonds is 3. The zero-order valence-corrected chi connectivity index (χ0v) is 8.10. The summed E-state index contributed by atoms with van der Waals surface area (Å²) in [6.45, 7) is 1.63. The summed E-state index contributed by atoms with van der Waals surface area (Å²) < 4.78 is 5.27. The molecule has 0 aliphatic carbocycles. The van der Waals surface area contributed by atoms with Gasteiger partial charge in [-0.05, 0) is 36.5 Å². The molecule has 1 saturated heterocycles. The number of hydrogen-bond donors (Lipinski definition) is 1. The van der Waals surface area contributed by atoms with Crippen LogP contribution in [0.4, 0.5) is 0 Å². The Morgan fingerprint density at radius 3 is 2.93 bits per heavy atom. The molecule has 0 spiro atoms. The Morgan fingerprint density at radius 1 is 1.50 bits per heavy atom. The second-order valence-corrected chi connectivity index (χ2v) is 3.76. The zero-order valence-electron chi connectivity index (χ0n) is 8.10. The molecule has 2 unspecified atom stereocenters. The van der Waals surface area contributed by atoms with Crippen molar-refractivity contribution in [3.05, 3.63) is 30.1 Å². The predicted molar refractivity (Wildman–Crippen MR) is 52.7 cm³/mol. The third-order valence-electron chi connectivity index (χ3n) is 2.67. The molecule has 2 rings (SSSR count). The number of ether oxygens (including phenoxy) is 1. The SMILES string of the molecule is OC(CC1CCOC1)c1ccncc1. The highest BCUT2D eigenvalue weighted by molar-refractivity contribution is 5.12. The molecular weight excluding hydrogens is 178 g/mol. The van der Waals surface area contributed by atoms with Crippen molar-refractivity contribution < 1.29 is 9.84 Å². The summed E-state index contributed by atoms with van der Waals surface area (Å²) in [4.78, 5) is 3.92. The van der Waals surface area contributed by atoms with Crippen LogP contribution in [-0.4, -0.2) is 23.3 Å². The van der Waals surface area contributed by atoms with Crippen LogP contribution in [0, 0.1) is 5.92 Å². The Hall–Kier alpha value is -0.930. The maximum absolute atomic E-state index is 9.90. The Bertz CT molecular complexity index is 270. The topological polar surface area (TPSA) is 42.4 Å². The van der Waals surface area contributed by atoms with Crippen molar-refractivity contribution in [2.75, 3.05) is 13.2 Å². The quantitative estimate of drug-likeness (QED) is 0.791. The average Bonchev–Trinajstić information content (AvgIpc) is 2.72. The van der Waals surface area contributed by atoms with Crippen molar-refractivity contribution in [2.45, 2.75) is 18.9 Å². The van der Waals surface area contributed by atoms with Gasteiger partial charge in [0.1, 0.15) is 0 Å². The van der Waals surface area contributed by atoms with Crippen LogP contribution in [0.5, 0.6) is 0 Å². The van der Waals surface area contributed by atoms with Crippen molar-refractivity contribution in [1.29, 1.82) is 0 Å². The van der Waals surface area contributed by atoms with Crippen LogP contribution < -0.4 is 0 Å². The lowest BCUT2D eigenvalue weighted by molar-refractivity contribution is 0.129. The van der Waals surface area contributed by atoms with E-state index in [0.29, 0.717) is 5.92 Å². The van der Waals surface area contributed by atoms with Gasteiger partial charge in [-0.15, -0.1) is 0 Å². The van der Waals surface area contributed by atoms with Crippen molar-refractivity contribution >= 4 is 0 Å². The minimum Gasteiger partial charge on any atom is -0.388 e. The zero-order chi connectivity index (χ0) is 9.80. The molecule has 3 heteroatoms. The maximum Gasteiger partial charge on any atom is 0.0794 e. The van der Waals surface area contributed by atoms with Crippen LogP contribution in [0.15, 0.2) is 24.5 Å². The Labute approximate surface area is 83.7 Å². The molecule has 0 aromatic carbocycles. The summed E-state index contributed by atoms with van der Waals surface area (Å²) in [6.07, 6.45) is 4.92. The molecule has 1 N–H and O–H groups in total. The van der Waals surface area contributed by atoms with Gasteiger partial charge in [-0.1, -0.05) is 0 Å². The van der Waals surface area contributed by atoms with Crippen LogP contribution in [0.25, 0.3) is 0 Å². The molecule has 76 valence electrons. The molecule has 2 atom stereocenters. The Morgan fingerprint density at radius 2 is 2.29 bits per heavy atom. The molecule has 0 saturated carbocycles. The standard InChI is InChI=1S/C11H15NO2/c13-11(7-9-3-6-14-8-9)10-1-4-12-5-2-10/h1-2,4-5,9,11,13H,3,6-8H2. The van der Waals surface area contributed by atoms with E-state index in [2.05, 4.69) is 4.98 Å². The van der Waals surface area contributed by atoms with E-state index in [9.17, 15) is 5.11 Å². The van der Waals surface area contributed by atoms with Gasteiger partial charge in [0.15, 0.2) is 0 Å². The van der Waals surface area contributed by atoms with E-state index in [1.165, 1.54) is 0 Å². The molecule has 1 aromatic rings. The fourth-order valence-corrected chi connectivity index (χ4v) is 1.81. The minimum atomic E-state index is -0.371. The summed E-state index contributed by atoms with van der Waals surface area (Å²) in [5.74, 6) is 0.512. The number of aliphatic hydroxyl groups excluding tert-OH is 1. The van der Waals surface area contributed by atoms with Crippen molar-refractivity contribution in [1.82, 2.24) is 4.98 Å². The monoisotopic (exact) mass is 193 g/mol. The lowest BCUT2D eigenvalue weighted by Crippen LogP contribution is -2.07. The first-order chi connectivity index (χ1) is 6.86. The number of nitrogens with zero attached hydrogens (tertiary/aromatic N) is 1. The second-order valence-electron chi connectivity index (χ2n) is 3.76. The molecular formula is C11H15NO2. The Balaban J connectivity index is 1.92. The molecule has 1 aliphatic heterocycles. The second kappa shape index (κ2) is 4.53. The van der Waals surface area contributed by atoms with Crippen LogP contribution >= 0.6 is 0 Å². The lowest BCUT2D eigenvalue weighted by atomic mass is 9.97. The molecule has 1 aliphatic rings. The molecule has 0 amide bonds. The van der Waals surface area contributed by atoms with Crippen LogP contribution in [0.1, 0.15) is 24.5 Å². The van der Waals surface area contributed by atoms with Gasteiger partial charge in [0.05, 0.1) is 6.10 Å². The van der Waals surface area contributed by atoms with E-state index in [-0.39, 0.29) is 6.10 Å².